The van der Waals surface area contributed by atoms with Crippen molar-refractivity contribution in [2.45, 2.75) is 17.9 Å². The maximum absolute atomic E-state index is 10.7. The highest BCUT2D eigenvalue weighted by atomic mass is 35.5. The summed E-state index contributed by atoms with van der Waals surface area (Å²) < 4.78 is 10.9. The highest BCUT2D eigenvalue weighted by Crippen LogP contribution is 2.39. The number of rotatable bonds is 4. The molecule has 0 bridgehead atoms. The van der Waals surface area contributed by atoms with Gasteiger partial charge in [0.2, 0.25) is 0 Å². The fraction of sp³-hybridized carbons (Fsp3) is 0.417. The maximum atomic E-state index is 10.7. The topological polar surface area (TPSA) is 55.8 Å². The Hall–Kier alpha value is -1.07. The van der Waals surface area contributed by atoms with Crippen LogP contribution in [0.4, 0.5) is 0 Å². The molecule has 4 nitrogen and oxygen atoms in total. The monoisotopic (exact) mass is 288 g/mol. The quantitative estimate of drug-likeness (QED) is 0.923. The molecule has 0 saturated carbocycles. The number of hydrogen-bond acceptors (Lipinski definition) is 4. The number of carboxylic acid groups (broad SMARTS) is 1. The van der Waals surface area contributed by atoms with Crippen LogP contribution in [0, 0.1) is 0 Å². The highest BCUT2D eigenvalue weighted by molar-refractivity contribution is 7.99. The first-order valence-corrected chi connectivity index (χ1v) is 6.93. The number of thioether (sulfide) groups is 1. The Labute approximate surface area is 114 Å². The standard InChI is InChI=1S/C12H13ClO4S/c1-7(12(14)15)18-6-8-4-9(13)11-10(5-8)16-2-3-17-11/h4-5,7H,2-3,6H2,1H3,(H,14,15)/t7-/m1/s1. The minimum atomic E-state index is -0.816. The molecule has 1 aromatic rings. The third-order valence-electron chi connectivity index (χ3n) is 2.50. The number of aliphatic carboxylic acids is 1. The second-order valence-electron chi connectivity index (χ2n) is 3.89. The van der Waals surface area contributed by atoms with Crippen molar-refractivity contribution in [3.05, 3.63) is 22.7 Å². The maximum Gasteiger partial charge on any atom is 0.316 e. The molecule has 0 fully saturated rings. The molecule has 1 N–H and O–H groups in total. The van der Waals surface area contributed by atoms with Gasteiger partial charge in [0.15, 0.2) is 11.5 Å². The number of ether oxygens (including phenoxy) is 2. The lowest BCUT2D eigenvalue weighted by Crippen LogP contribution is -2.16. The highest BCUT2D eigenvalue weighted by Gasteiger charge is 2.17. The first kappa shape index (κ1) is 13.4. The summed E-state index contributed by atoms with van der Waals surface area (Å²) in [5.41, 5.74) is 0.933. The Morgan fingerprint density at radius 3 is 2.94 bits per heavy atom. The smallest absolute Gasteiger partial charge is 0.316 e. The second kappa shape index (κ2) is 5.71. The number of carboxylic acids is 1. The summed E-state index contributed by atoms with van der Waals surface area (Å²) in [7, 11) is 0. The van der Waals surface area contributed by atoms with Crippen LogP contribution in [0.2, 0.25) is 5.02 Å². The van der Waals surface area contributed by atoms with Crippen molar-refractivity contribution >= 4 is 29.3 Å². The summed E-state index contributed by atoms with van der Waals surface area (Å²) in [6, 6.07) is 3.64. The van der Waals surface area contributed by atoms with E-state index in [1.165, 1.54) is 11.8 Å². The fourth-order valence-electron chi connectivity index (χ4n) is 1.54. The van der Waals surface area contributed by atoms with E-state index in [4.69, 9.17) is 26.2 Å². The molecule has 98 valence electrons. The van der Waals surface area contributed by atoms with Crippen LogP contribution in [-0.4, -0.2) is 29.5 Å². The number of carbonyl (C=O) groups is 1. The Morgan fingerprint density at radius 1 is 1.50 bits per heavy atom. The van der Waals surface area contributed by atoms with Gasteiger partial charge in [-0.25, -0.2) is 0 Å². The van der Waals surface area contributed by atoms with Crippen molar-refractivity contribution < 1.29 is 19.4 Å². The molecule has 0 amide bonds. The van der Waals surface area contributed by atoms with E-state index < -0.39 is 11.2 Å². The molecule has 1 aromatic carbocycles. The van der Waals surface area contributed by atoms with Crippen LogP contribution in [0.3, 0.4) is 0 Å². The van der Waals surface area contributed by atoms with E-state index in [2.05, 4.69) is 0 Å². The molecule has 1 aliphatic rings. The van der Waals surface area contributed by atoms with Crippen LogP contribution in [0.5, 0.6) is 11.5 Å². The van der Waals surface area contributed by atoms with Crippen molar-refractivity contribution in [2.24, 2.45) is 0 Å². The van der Waals surface area contributed by atoms with Gasteiger partial charge in [0.1, 0.15) is 13.2 Å². The van der Waals surface area contributed by atoms with Crippen molar-refractivity contribution in [1.29, 1.82) is 0 Å². The van der Waals surface area contributed by atoms with Crippen molar-refractivity contribution in [2.75, 3.05) is 13.2 Å². The molecular weight excluding hydrogens is 276 g/mol. The van der Waals surface area contributed by atoms with Crippen molar-refractivity contribution in [1.82, 2.24) is 0 Å². The van der Waals surface area contributed by atoms with Crippen molar-refractivity contribution in [3.8, 4) is 11.5 Å². The van der Waals surface area contributed by atoms with E-state index in [-0.39, 0.29) is 0 Å². The molecule has 0 radical (unpaired) electrons. The lowest BCUT2D eigenvalue weighted by molar-refractivity contribution is -0.136. The average Bonchev–Trinajstić information content (AvgIpc) is 2.36. The van der Waals surface area contributed by atoms with Crippen LogP contribution >= 0.6 is 23.4 Å². The van der Waals surface area contributed by atoms with Crippen LogP contribution < -0.4 is 9.47 Å². The molecule has 0 spiro atoms. The third kappa shape index (κ3) is 3.03. The van der Waals surface area contributed by atoms with Gasteiger partial charge in [-0.15, -0.1) is 11.8 Å². The van der Waals surface area contributed by atoms with Gasteiger partial charge in [-0.3, -0.25) is 4.79 Å². The summed E-state index contributed by atoms with van der Waals surface area (Å²) in [6.45, 7) is 2.66. The van der Waals surface area contributed by atoms with Gasteiger partial charge in [-0.2, -0.15) is 0 Å². The van der Waals surface area contributed by atoms with Crippen LogP contribution in [-0.2, 0) is 10.5 Å². The lowest BCUT2D eigenvalue weighted by Gasteiger charge is -2.20. The zero-order valence-electron chi connectivity index (χ0n) is 9.81. The van der Waals surface area contributed by atoms with Gasteiger partial charge in [0.25, 0.3) is 0 Å². The number of halogens is 1. The van der Waals surface area contributed by atoms with E-state index >= 15 is 0 Å². The van der Waals surface area contributed by atoms with Gasteiger partial charge in [-0.1, -0.05) is 11.6 Å². The summed E-state index contributed by atoms with van der Waals surface area (Å²) in [5, 5.41) is 8.87. The van der Waals surface area contributed by atoms with E-state index in [1.807, 2.05) is 6.07 Å². The molecule has 0 unspecified atom stereocenters. The molecule has 0 saturated heterocycles. The van der Waals surface area contributed by atoms with Gasteiger partial charge < -0.3 is 14.6 Å². The van der Waals surface area contributed by atoms with Gasteiger partial charge >= 0.3 is 5.97 Å². The number of benzene rings is 1. The largest absolute Gasteiger partial charge is 0.486 e. The third-order valence-corrected chi connectivity index (χ3v) is 3.99. The predicted molar refractivity (Wildman–Crippen MR) is 70.8 cm³/mol. The SMILES string of the molecule is C[C@@H](SCc1cc(Cl)c2c(c1)OCCO2)C(=O)O. The number of fused-ring (bicyclic) bond motifs is 1. The van der Waals surface area contributed by atoms with Crippen LogP contribution in [0.25, 0.3) is 0 Å². The molecular formula is C12H13ClO4S. The first-order valence-electron chi connectivity index (χ1n) is 5.50. The molecule has 6 heteroatoms. The van der Waals surface area contributed by atoms with Crippen LogP contribution in [0.1, 0.15) is 12.5 Å². The Kier molecular flexibility index (Phi) is 4.24. The van der Waals surface area contributed by atoms with Crippen LogP contribution in [0.15, 0.2) is 12.1 Å². The minimum absolute atomic E-state index is 0.447. The molecule has 1 aliphatic heterocycles. The predicted octanol–water partition coefficient (Wildman–Crippen LogP) is 2.82. The minimum Gasteiger partial charge on any atom is -0.486 e. The summed E-state index contributed by atoms with van der Waals surface area (Å²) in [4.78, 5) is 10.7. The molecule has 0 aliphatic carbocycles. The number of hydrogen-bond donors (Lipinski definition) is 1. The van der Waals surface area contributed by atoms with Gasteiger partial charge in [0.05, 0.1) is 10.3 Å². The zero-order chi connectivity index (χ0) is 13.1. The summed E-state index contributed by atoms with van der Waals surface area (Å²) >= 11 is 7.44. The lowest BCUT2D eigenvalue weighted by atomic mass is 10.2. The molecule has 1 atom stereocenters. The summed E-state index contributed by atoms with van der Waals surface area (Å²) in [5.74, 6) is 0.961. The summed E-state index contributed by atoms with van der Waals surface area (Å²) in [6.07, 6.45) is 0. The first-order chi connectivity index (χ1) is 8.58. The van der Waals surface area contributed by atoms with Gasteiger partial charge in [-0.05, 0) is 24.6 Å². The molecule has 0 aromatic heterocycles. The van der Waals surface area contributed by atoms with E-state index in [0.717, 1.165) is 5.56 Å². The second-order valence-corrected chi connectivity index (χ2v) is 5.63. The van der Waals surface area contributed by atoms with Gasteiger partial charge in [0, 0.05) is 5.75 Å². The van der Waals surface area contributed by atoms with E-state index in [9.17, 15) is 4.79 Å². The molecule has 18 heavy (non-hydrogen) atoms. The van der Waals surface area contributed by atoms with E-state index in [1.54, 1.807) is 13.0 Å². The average molecular weight is 289 g/mol. The zero-order valence-corrected chi connectivity index (χ0v) is 11.4. The Bertz CT molecular complexity index is 464. The van der Waals surface area contributed by atoms with E-state index in [0.29, 0.717) is 35.5 Å². The van der Waals surface area contributed by atoms with Crippen molar-refractivity contribution in [3.63, 3.8) is 0 Å². The Morgan fingerprint density at radius 2 is 2.22 bits per heavy atom. The normalized spacial score (nSPS) is 15.2. The fourth-order valence-corrected chi connectivity index (χ4v) is 2.58. The Balaban J connectivity index is 2.10. The molecule has 1 heterocycles. The molecule has 2 rings (SSSR count).